The van der Waals surface area contributed by atoms with Gasteiger partial charge in [0.2, 0.25) is 6.79 Å². The Morgan fingerprint density at radius 2 is 1.92 bits per heavy atom. The summed E-state index contributed by atoms with van der Waals surface area (Å²) in [6.07, 6.45) is 0. The third-order valence-corrected chi connectivity index (χ3v) is 4.58. The Labute approximate surface area is 138 Å². The van der Waals surface area contributed by atoms with Crippen LogP contribution < -0.4 is 9.47 Å². The SMILES string of the molecule is CN1C(=O)c2ccccc2C(C(=O)O)C1c1ccc2c(c1)OCO2. The highest BCUT2D eigenvalue weighted by Gasteiger charge is 2.43. The molecule has 0 bridgehead atoms. The number of carbonyl (C=O) groups is 2. The van der Waals surface area contributed by atoms with Crippen molar-refractivity contribution in [1.82, 2.24) is 4.90 Å². The molecule has 24 heavy (non-hydrogen) atoms. The number of likely N-dealkylation sites (N-methyl/N-ethyl adjacent to an activating group) is 1. The number of ether oxygens (including phenoxy) is 2. The minimum absolute atomic E-state index is 0.142. The van der Waals surface area contributed by atoms with Gasteiger partial charge in [0.1, 0.15) is 5.92 Å². The van der Waals surface area contributed by atoms with Crippen LogP contribution >= 0.6 is 0 Å². The molecule has 4 rings (SSSR count). The Morgan fingerprint density at radius 3 is 2.71 bits per heavy atom. The van der Waals surface area contributed by atoms with Gasteiger partial charge in [-0.15, -0.1) is 0 Å². The molecule has 2 aromatic rings. The molecule has 2 atom stereocenters. The predicted molar refractivity (Wildman–Crippen MR) is 84.2 cm³/mol. The number of carboxylic acids is 1. The Kier molecular flexibility index (Phi) is 3.19. The van der Waals surface area contributed by atoms with Crippen molar-refractivity contribution in [1.29, 1.82) is 0 Å². The summed E-state index contributed by atoms with van der Waals surface area (Å²) in [6, 6.07) is 11.5. The summed E-state index contributed by atoms with van der Waals surface area (Å²) in [6.45, 7) is 0.142. The van der Waals surface area contributed by atoms with Crippen molar-refractivity contribution in [2.75, 3.05) is 13.8 Å². The number of benzene rings is 2. The first-order chi connectivity index (χ1) is 11.6. The van der Waals surface area contributed by atoms with Crippen molar-refractivity contribution in [2.45, 2.75) is 12.0 Å². The number of rotatable bonds is 2. The van der Waals surface area contributed by atoms with Gasteiger partial charge in [-0.1, -0.05) is 24.3 Å². The second-order valence-electron chi connectivity index (χ2n) is 5.88. The van der Waals surface area contributed by atoms with Gasteiger partial charge in [0.05, 0.1) is 6.04 Å². The molecule has 0 saturated carbocycles. The lowest BCUT2D eigenvalue weighted by Gasteiger charge is -2.38. The number of hydrogen-bond donors (Lipinski definition) is 1. The molecule has 6 nitrogen and oxygen atoms in total. The molecule has 6 heteroatoms. The van der Waals surface area contributed by atoms with Crippen LogP contribution in [0, 0.1) is 0 Å². The normalized spacial score (nSPS) is 21.5. The lowest BCUT2D eigenvalue weighted by molar-refractivity contribution is -0.140. The van der Waals surface area contributed by atoms with Crippen LogP contribution in [0.25, 0.3) is 0 Å². The average Bonchev–Trinajstić information content (AvgIpc) is 3.05. The highest BCUT2D eigenvalue weighted by atomic mass is 16.7. The van der Waals surface area contributed by atoms with E-state index in [1.807, 2.05) is 0 Å². The summed E-state index contributed by atoms with van der Waals surface area (Å²) in [4.78, 5) is 26.2. The number of nitrogens with zero attached hydrogens (tertiary/aromatic N) is 1. The maximum Gasteiger partial charge on any atom is 0.313 e. The summed E-state index contributed by atoms with van der Waals surface area (Å²) in [5, 5.41) is 9.82. The third kappa shape index (κ3) is 2.03. The van der Waals surface area contributed by atoms with Crippen LogP contribution in [-0.4, -0.2) is 35.7 Å². The number of carbonyl (C=O) groups excluding carboxylic acids is 1. The molecule has 0 aliphatic carbocycles. The minimum Gasteiger partial charge on any atom is -0.481 e. The van der Waals surface area contributed by atoms with Gasteiger partial charge in [-0.2, -0.15) is 0 Å². The molecule has 2 aliphatic rings. The summed E-state index contributed by atoms with van der Waals surface area (Å²) < 4.78 is 10.7. The molecule has 2 unspecified atom stereocenters. The Bertz CT molecular complexity index is 847. The number of fused-ring (bicyclic) bond motifs is 2. The molecule has 2 heterocycles. The zero-order chi connectivity index (χ0) is 16.8. The van der Waals surface area contributed by atoms with E-state index in [1.54, 1.807) is 49.5 Å². The standard InChI is InChI=1S/C18H15NO5/c1-19-16(10-6-7-13-14(8-10)24-9-23-13)15(18(21)22)11-4-2-3-5-12(11)17(19)20/h2-8,15-16H,9H2,1H3,(H,21,22). The van der Waals surface area contributed by atoms with E-state index in [9.17, 15) is 14.7 Å². The lowest BCUT2D eigenvalue weighted by atomic mass is 9.80. The fraction of sp³-hybridized carbons (Fsp3) is 0.222. The van der Waals surface area contributed by atoms with Crippen molar-refractivity contribution in [3.8, 4) is 11.5 Å². The number of amides is 1. The van der Waals surface area contributed by atoms with Gasteiger partial charge < -0.3 is 19.5 Å². The van der Waals surface area contributed by atoms with E-state index in [0.29, 0.717) is 28.2 Å². The van der Waals surface area contributed by atoms with Gasteiger partial charge in [-0.3, -0.25) is 9.59 Å². The smallest absolute Gasteiger partial charge is 0.313 e. The molecule has 0 spiro atoms. The molecule has 122 valence electrons. The summed E-state index contributed by atoms with van der Waals surface area (Å²) in [5.41, 5.74) is 1.68. The predicted octanol–water partition coefficient (Wildman–Crippen LogP) is 2.41. The highest BCUT2D eigenvalue weighted by Crippen LogP contribution is 2.44. The number of hydrogen-bond acceptors (Lipinski definition) is 4. The molecule has 2 aliphatic heterocycles. The molecule has 2 aromatic carbocycles. The topological polar surface area (TPSA) is 76.1 Å². The summed E-state index contributed by atoms with van der Waals surface area (Å²) >= 11 is 0. The Hall–Kier alpha value is -3.02. The maximum atomic E-state index is 12.7. The van der Waals surface area contributed by atoms with Gasteiger partial charge in [-0.05, 0) is 29.3 Å². The van der Waals surface area contributed by atoms with Crippen LogP contribution in [0.2, 0.25) is 0 Å². The average molecular weight is 325 g/mol. The summed E-state index contributed by atoms with van der Waals surface area (Å²) in [7, 11) is 1.63. The molecule has 1 N–H and O–H groups in total. The van der Waals surface area contributed by atoms with Crippen LogP contribution in [0.4, 0.5) is 0 Å². The first-order valence-corrected chi connectivity index (χ1v) is 7.56. The van der Waals surface area contributed by atoms with E-state index < -0.39 is 17.9 Å². The second-order valence-corrected chi connectivity index (χ2v) is 5.88. The lowest BCUT2D eigenvalue weighted by Crippen LogP contribution is -2.42. The van der Waals surface area contributed by atoms with Crippen molar-refractivity contribution in [2.24, 2.45) is 0 Å². The maximum absolute atomic E-state index is 12.7. The quantitative estimate of drug-likeness (QED) is 0.917. The van der Waals surface area contributed by atoms with E-state index in [2.05, 4.69) is 0 Å². The molecule has 0 saturated heterocycles. The minimum atomic E-state index is -0.968. The first kappa shape index (κ1) is 14.6. The Morgan fingerprint density at radius 1 is 1.17 bits per heavy atom. The van der Waals surface area contributed by atoms with E-state index in [-0.39, 0.29) is 12.7 Å². The third-order valence-electron chi connectivity index (χ3n) is 4.58. The zero-order valence-electron chi connectivity index (χ0n) is 12.9. The van der Waals surface area contributed by atoms with Crippen molar-refractivity contribution in [3.05, 3.63) is 59.2 Å². The van der Waals surface area contributed by atoms with Crippen molar-refractivity contribution in [3.63, 3.8) is 0 Å². The first-order valence-electron chi connectivity index (χ1n) is 7.56. The van der Waals surface area contributed by atoms with E-state index >= 15 is 0 Å². The zero-order valence-corrected chi connectivity index (χ0v) is 12.9. The monoisotopic (exact) mass is 325 g/mol. The van der Waals surface area contributed by atoms with Crippen LogP contribution in [0.3, 0.4) is 0 Å². The van der Waals surface area contributed by atoms with Crippen LogP contribution in [0.5, 0.6) is 11.5 Å². The molecular weight excluding hydrogens is 310 g/mol. The van der Waals surface area contributed by atoms with Crippen LogP contribution in [0.15, 0.2) is 42.5 Å². The van der Waals surface area contributed by atoms with Crippen LogP contribution in [0.1, 0.15) is 33.4 Å². The Balaban J connectivity index is 1.87. The number of aliphatic carboxylic acids is 1. The fourth-order valence-corrected chi connectivity index (χ4v) is 3.45. The van der Waals surface area contributed by atoms with E-state index in [1.165, 1.54) is 4.90 Å². The van der Waals surface area contributed by atoms with Gasteiger partial charge in [0, 0.05) is 12.6 Å². The molecule has 0 fully saturated rings. The fourth-order valence-electron chi connectivity index (χ4n) is 3.45. The van der Waals surface area contributed by atoms with Gasteiger partial charge >= 0.3 is 5.97 Å². The molecule has 1 amide bonds. The number of carboxylic acid groups (broad SMARTS) is 1. The van der Waals surface area contributed by atoms with E-state index in [0.717, 1.165) is 0 Å². The van der Waals surface area contributed by atoms with Crippen molar-refractivity contribution >= 4 is 11.9 Å². The summed E-state index contributed by atoms with van der Waals surface area (Å²) in [5.74, 6) is -0.813. The second kappa shape index (κ2) is 5.26. The molecule has 0 aromatic heterocycles. The highest BCUT2D eigenvalue weighted by molar-refractivity contribution is 6.00. The van der Waals surface area contributed by atoms with Crippen molar-refractivity contribution < 1.29 is 24.2 Å². The van der Waals surface area contributed by atoms with Crippen LogP contribution in [-0.2, 0) is 4.79 Å². The molecule has 0 radical (unpaired) electrons. The van der Waals surface area contributed by atoms with Gasteiger partial charge in [0.25, 0.3) is 5.91 Å². The van der Waals surface area contributed by atoms with E-state index in [4.69, 9.17) is 9.47 Å². The molecular formula is C18H15NO5. The van der Waals surface area contributed by atoms with Gasteiger partial charge in [-0.25, -0.2) is 0 Å². The van der Waals surface area contributed by atoms with Gasteiger partial charge in [0.15, 0.2) is 11.5 Å². The largest absolute Gasteiger partial charge is 0.481 e.